The van der Waals surface area contributed by atoms with Crippen LogP contribution in [0.5, 0.6) is 0 Å². The summed E-state index contributed by atoms with van der Waals surface area (Å²) in [4.78, 5) is 19.1. The van der Waals surface area contributed by atoms with Crippen molar-refractivity contribution in [2.24, 2.45) is 0 Å². The van der Waals surface area contributed by atoms with Crippen LogP contribution < -0.4 is 0 Å². The highest BCUT2D eigenvalue weighted by Crippen LogP contribution is 2.19. The van der Waals surface area contributed by atoms with Crippen molar-refractivity contribution in [3.05, 3.63) is 52.0 Å². The van der Waals surface area contributed by atoms with Crippen LogP contribution in [-0.2, 0) is 6.54 Å². The summed E-state index contributed by atoms with van der Waals surface area (Å²) in [5, 5.41) is 10.1. The lowest BCUT2D eigenvalue weighted by atomic mass is 10.1. The van der Waals surface area contributed by atoms with Crippen molar-refractivity contribution in [1.29, 1.82) is 0 Å². The molecule has 0 spiro atoms. The second-order valence-corrected chi connectivity index (χ2v) is 6.58. The van der Waals surface area contributed by atoms with Gasteiger partial charge in [0.2, 0.25) is 0 Å². The van der Waals surface area contributed by atoms with Crippen molar-refractivity contribution in [3.63, 3.8) is 0 Å². The summed E-state index contributed by atoms with van der Waals surface area (Å²) in [6.07, 6.45) is 0. The van der Waals surface area contributed by atoms with Crippen molar-refractivity contribution in [2.75, 3.05) is 6.54 Å². The Labute approximate surface area is 129 Å². The predicted molar refractivity (Wildman–Crippen MR) is 84.3 cm³/mol. The van der Waals surface area contributed by atoms with Gasteiger partial charge in [-0.05, 0) is 26.3 Å². The summed E-state index contributed by atoms with van der Waals surface area (Å²) < 4.78 is 0. The number of aryl methyl sites for hydroxylation is 1. The first kappa shape index (κ1) is 15.7. The van der Waals surface area contributed by atoms with Crippen LogP contribution in [0, 0.1) is 6.92 Å². The summed E-state index contributed by atoms with van der Waals surface area (Å²) in [7, 11) is 0. The van der Waals surface area contributed by atoms with Crippen LogP contribution >= 0.6 is 11.3 Å². The largest absolute Gasteiger partial charge is 0.389 e. The number of carbonyl (C=O) groups excluding carboxylic acids is 1. The van der Waals surface area contributed by atoms with Gasteiger partial charge in [0.05, 0.1) is 16.8 Å². The molecule has 0 aliphatic rings. The van der Waals surface area contributed by atoms with Gasteiger partial charge in [-0.3, -0.25) is 4.79 Å². The average Bonchev–Trinajstić information content (AvgIpc) is 2.83. The van der Waals surface area contributed by atoms with E-state index in [2.05, 4.69) is 4.98 Å². The number of nitrogens with zero attached hydrogens (tertiary/aromatic N) is 2. The third-order valence-corrected chi connectivity index (χ3v) is 3.94. The molecule has 0 fully saturated rings. The third kappa shape index (κ3) is 4.37. The van der Waals surface area contributed by atoms with Crippen molar-refractivity contribution >= 4 is 17.2 Å². The summed E-state index contributed by atoms with van der Waals surface area (Å²) in [6, 6.07) is 9.79. The monoisotopic (exact) mass is 304 g/mol. The Balaban J connectivity index is 2.24. The molecule has 5 heteroatoms. The van der Waals surface area contributed by atoms with Gasteiger partial charge in [0.25, 0.3) is 5.91 Å². The van der Waals surface area contributed by atoms with Crippen LogP contribution in [0.4, 0.5) is 0 Å². The van der Waals surface area contributed by atoms with Gasteiger partial charge in [0, 0.05) is 13.1 Å². The summed E-state index contributed by atoms with van der Waals surface area (Å²) in [5.74, 6) is -0.0824. The van der Waals surface area contributed by atoms with Gasteiger partial charge in [-0.25, -0.2) is 4.98 Å². The van der Waals surface area contributed by atoms with Crippen LogP contribution in [0.15, 0.2) is 35.8 Å². The highest BCUT2D eigenvalue weighted by molar-refractivity contribution is 7.11. The maximum absolute atomic E-state index is 12.7. The molecular weight excluding hydrogens is 284 g/mol. The van der Waals surface area contributed by atoms with Crippen molar-refractivity contribution in [3.8, 4) is 0 Å². The number of carbonyl (C=O) groups is 1. The zero-order valence-electron chi connectivity index (χ0n) is 12.5. The highest BCUT2D eigenvalue weighted by Gasteiger charge is 2.25. The van der Waals surface area contributed by atoms with Crippen LogP contribution in [0.2, 0.25) is 0 Å². The number of benzene rings is 1. The van der Waals surface area contributed by atoms with Gasteiger partial charge < -0.3 is 10.0 Å². The highest BCUT2D eigenvalue weighted by atomic mass is 32.1. The molecule has 0 saturated carbocycles. The molecule has 1 amide bonds. The number of amides is 1. The number of hydrogen-bond donors (Lipinski definition) is 1. The molecule has 4 nitrogen and oxygen atoms in total. The van der Waals surface area contributed by atoms with E-state index in [1.807, 2.05) is 37.3 Å². The van der Waals surface area contributed by atoms with Crippen molar-refractivity contribution in [1.82, 2.24) is 9.88 Å². The quantitative estimate of drug-likeness (QED) is 0.924. The molecule has 0 aliphatic carbocycles. The summed E-state index contributed by atoms with van der Waals surface area (Å²) in [5.41, 5.74) is 2.51. The standard InChI is InChI=1S/C16H20N2O2S/c1-12-14(21-11-17-12)15(19)18(10-16(2,3)20)9-13-7-5-4-6-8-13/h4-8,11,20H,9-10H2,1-3H3. The fourth-order valence-electron chi connectivity index (χ4n) is 2.12. The predicted octanol–water partition coefficient (Wildman–Crippen LogP) is 2.86. The molecule has 1 heterocycles. The van der Waals surface area contributed by atoms with Crippen molar-refractivity contribution in [2.45, 2.75) is 32.9 Å². The minimum absolute atomic E-state index is 0.0824. The molecule has 112 valence electrons. The topological polar surface area (TPSA) is 53.4 Å². The van der Waals surface area contributed by atoms with Gasteiger partial charge in [-0.2, -0.15) is 0 Å². The van der Waals surface area contributed by atoms with E-state index in [9.17, 15) is 9.90 Å². The van der Waals surface area contributed by atoms with E-state index < -0.39 is 5.60 Å². The SMILES string of the molecule is Cc1ncsc1C(=O)N(Cc1ccccc1)CC(C)(C)O. The second-order valence-electron chi connectivity index (χ2n) is 5.73. The number of aliphatic hydroxyl groups is 1. The molecule has 2 aromatic rings. The molecule has 1 aromatic heterocycles. The van der Waals surface area contributed by atoms with Gasteiger partial charge in [-0.15, -0.1) is 11.3 Å². The lowest BCUT2D eigenvalue weighted by Crippen LogP contribution is -2.41. The van der Waals surface area contributed by atoms with E-state index in [4.69, 9.17) is 0 Å². The third-order valence-electron chi connectivity index (χ3n) is 3.02. The molecule has 0 bridgehead atoms. The Morgan fingerprint density at radius 3 is 2.52 bits per heavy atom. The first-order valence-corrected chi connectivity index (χ1v) is 7.70. The summed E-state index contributed by atoms with van der Waals surface area (Å²) in [6.45, 7) is 5.99. The van der Waals surface area contributed by atoms with Crippen LogP contribution in [0.25, 0.3) is 0 Å². The Bertz CT molecular complexity index is 602. The van der Waals surface area contributed by atoms with E-state index in [0.717, 1.165) is 11.3 Å². The minimum atomic E-state index is -0.941. The lowest BCUT2D eigenvalue weighted by molar-refractivity contribution is 0.0282. The number of rotatable bonds is 5. The first-order chi connectivity index (χ1) is 9.87. The first-order valence-electron chi connectivity index (χ1n) is 6.82. The molecule has 0 radical (unpaired) electrons. The normalized spacial score (nSPS) is 11.4. The van der Waals surface area contributed by atoms with E-state index in [1.165, 1.54) is 11.3 Å². The fraction of sp³-hybridized carbons (Fsp3) is 0.375. The van der Waals surface area contributed by atoms with Gasteiger partial charge in [-0.1, -0.05) is 30.3 Å². The van der Waals surface area contributed by atoms with Gasteiger partial charge >= 0.3 is 0 Å². The van der Waals surface area contributed by atoms with Gasteiger partial charge in [0.1, 0.15) is 4.88 Å². The molecule has 0 unspecified atom stereocenters. The average molecular weight is 304 g/mol. The number of hydrogen-bond acceptors (Lipinski definition) is 4. The molecule has 1 N–H and O–H groups in total. The molecule has 2 rings (SSSR count). The van der Waals surface area contributed by atoms with Crippen molar-refractivity contribution < 1.29 is 9.90 Å². The summed E-state index contributed by atoms with van der Waals surface area (Å²) >= 11 is 1.34. The second kappa shape index (κ2) is 6.37. The van der Waals surface area contributed by atoms with Crippen LogP contribution in [-0.4, -0.2) is 33.0 Å². The number of thiazole rings is 1. The number of aromatic nitrogens is 1. The van der Waals surface area contributed by atoms with E-state index >= 15 is 0 Å². The Morgan fingerprint density at radius 1 is 1.33 bits per heavy atom. The fourth-order valence-corrected chi connectivity index (χ4v) is 2.89. The van der Waals surface area contributed by atoms with E-state index in [1.54, 1.807) is 24.3 Å². The maximum Gasteiger partial charge on any atom is 0.266 e. The Kier molecular flexibility index (Phi) is 4.75. The smallest absolute Gasteiger partial charge is 0.266 e. The van der Waals surface area contributed by atoms with E-state index in [0.29, 0.717) is 11.4 Å². The van der Waals surface area contributed by atoms with Gasteiger partial charge in [0.15, 0.2) is 0 Å². The molecule has 0 saturated heterocycles. The Morgan fingerprint density at radius 2 is 2.00 bits per heavy atom. The molecule has 0 atom stereocenters. The molecule has 0 aliphatic heterocycles. The molecule has 1 aromatic carbocycles. The lowest BCUT2D eigenvalue weighted by Gasteiger charge is -2.29. The molecular formula is C16H20N2O2S. The Hall–Kier alpha value is -1.72. The minimum Gasteiger partial charge on any atom is -0.389 e. The van der Waals surface area contributed by atoms with Crippen LogP contribution in [0.3, 0.4) is 0 Å². The van der Waals surface area contributed by atoms with Crippen LogP contribution in [0.1, 0.15) is 34.8 Å². The zero-order chi connectivity index (χ0) is 15.5. The maximum atomic E-state index is 12.7. The molecule has 21 heavy (non-hydrogen) atoms. The zero-order valence-corrected chi connectivity index (χ0v) is 13.4. The van der Waals surface area contributed by atoms with E-state index in [-0.39, 0.29) is 12.5 Å².